The minimum atomic E-state index is -4.85. The normalized spacial score (nSPS) is 12.0. The smallest absolute Gasteiger partial charge is 0.455 e. The summed E-state index contributed by atoms with van der Waals surface area (Å²) >= 11 is 5.69. The Morgan fingerprint density at radius 2 is 1.85 bits per heavy atom. The third-order valence-electron chi connectivity index (χ3n) is 3.83. The molecule has 0 bridgehead atoms. The van der Waals surface area contributed by atoms with Gasteiger partial charge in [-0.1, -0.05) is 16.8 Å². The second kappa shape index (κ2) is 9.21. The molecule has 0 saturated heterocycles. The Bertz CT molecular complexity index is 1160. The SMILES string of the molecule is O=C(NCc1nc(C(F)(F)F)no1)c1cnc(OCC(F)(F)F)c(-c2ccc(Cl)cc2F)c1. The summed E-state index contributed by atoms with van der Waals surface area (Å²) in [7, 11) is 0. The monoisotopic (exact) mass is 498 g/mol. The molecule has 176 valence electrons. The van der Waals surface area contributed by atoms with Crippen LogP contribution in [0.3, 0.4) is 0 Å². The van der Waals surface area contributed by atoms with Crippen LogP contribution in [0.25, 0.3) is 11.1 Å². The number of amides is 1. The summed E-state index contributed by atoms with van der Waals surface area (Å²) in [6.07, 6.45) is -8.72. The zero-order valence-electron chi connectivity index (χ0n) is 15.9. The first-order valence-electron chi connectivity index (χ1n) is 8.66. The lowest BCUT2D eigenvalue weighted by atomic mass is 10.0. The summed E-state index contributed by atoms with van der Waals surface area (Å²) in [6, 6.07) is 4.29. The summed E-state index contributed by atoms with van der Waals surface area (Å²) in [5.41, 5.74) is -0.821. The van der Waals surface area contributed by atoms with Crippen LogP contribution in [0.2, 0.25) is 5.02 Å². The number of alkyl halides is 6. The Balaban J connectivity index is 1.86. The quantitative estimate of drug-likeness (QED) is 0.490. The molecule has 3 rings (SSSR count). The standard InChI is InChI=1S/C18H10ClF7N4O3/c19-9-1-2-10(12(20)4-9)11-3-8(5-28-15(11)32-7-17(21,22)23)14(31)27-6-13-29-16(30-33-13)18(24,25)26/h1-5H,6-7H2,(H,27,31). The maximum absolute atomic E-state index is 14.4. The molecule has 1 aromatic carbocycles. The Morgan fingerprint density at radius 1 is 1.12 bits per heavy atom. The van der Waals surface area contributed by atoms with E-state index in [-0.39, 0.29) is 21.7 Å². The summed E-state index contributed by atoms with van der Waals surface area (Å²) < 4.78 is 98.6. The summed E-state index contributed by atoms with van der Waals surface area (Å²) in [4.78, 5) is 19.1. The van der Waals surface area contributed by atoms with Gasteiger partial charge in [0, 0.05) is 22.3 Å². The number of nitrogens with zero attached hydrogens (tertiary/aromatic N) is 3. The highest BCUT2D eigenvalue weighted by Crippen LogP contribution is 2.33. The number of carbonyl (C=O) groups excluding carboxylic acids is 1. The van der Waals surface area contributed by atoms with E-state index in [1.807, 2.05) is 0 Å². The molecule has 2 aromatic heterocycles. The largest absolute Gasteiger partial charge is 0.468 e. The lowest BCUT2D eigenvalue weighted by Gasteiger charge is -2.14. The van der Waals surface area contributed by atoms with Crippen molar-refractivity contribution in [2.24, 2.45) is 0 Å². The molecule has 0 aliphatic carbocycles. The minimum Gasteiger partial charge on any atom is -0.468 e. The van der Waals surface area contributed by atoms with E-state index >= 15 is 0 Å². The van der Waals surface area contributed by atoms with Crippen molar-refractivity contribution >= 4 is 17.5 Å². The van der Waals surface area contributed by atoms with Gasteiger partial charge in [-0.3, -0.25) is 4.79 Å². The van der Waals surface area contributed by atoms with Crippen LogP contribution in [-0.2, 0) is 12.7 Å². The predicted octanol–water partition coefficient (Wildman–Crippen LogP) is 4.81. The molecule has 2 heterocycles. The molecule has 0 saturated carbocycles. The Labute approximate surface area is 184 Å². The van der Waals surface area contributed by atoms with Crippen LogP contribution in [0.4, 0.5) is 30.7 Å². The van der Waals surface area contributed by atoms with Gasteiger partial charge in [0.05, 0.1) is 12.1 Å². The van der Waals surface area contributed by atoms with E-state index in [9.17, 15) is 35.5 Å². The van der Waals surface area contributed by atoms with Gasteiger partial charge in [-0.2, -0.15) is 31.3 Å². The van der Waals surface area contributed by atoms with E-state index in [1.54, 1.807) is 0 Å². The van der Waals surface area contributed by atoms with Gasteiger partial charge in [0.25, 0.3) is 11.7 Å². The summed E-state index contributed by atoms with van der Waals surface area (Å²) in [6.45, 7) is -2.33. The number of hydrogen-bond acceptors (Lipinski definition) is 6. The molecular formula is C18H10ClF7N4O3. The lowest BCUT2D eigenvalue weighted by molar-refractivity contribution is -0.154. The molecule has 0 atom stereocenters. The minimum absolute atomic E-state index is 0.00801. The van der Waals surface area contributed by atoms with Gasteiger partial charge < -0.3 is 14.6 Å². The molecule has 33 heavy (non-hydrogen) atoms. The van der Waals surface area contributed by atoms with Crippen LogP contribution in [0.1, 0.15) is 22.1 Å². The Morgan fingerprint density at radius 3 is 2.45 bits per heavy atom. The highest BCUT2D eigenvalue weighted by molar-refractivity contribution is 6.30. The van der Waals surface area contributed by atoms with Gasteiger partial charge in [-0.15, -0.1) is 0 Å². The summed E-state index contributed by atoms with van der Waals surface area (Å²) in [5.74, 6) is -4.56. The van der Waals surface area contributed by atoms with E-state index in [2.05, 4.69) is 29.7 Å². The fourth-order valence-corrected chi connectivity index (χ4v) is 2.60. The Kier molecular flexibility index (Phi) is 6.76. The molecule has 0 fully saturated rings. The van der Waals surface area contributed by atoms with Gasteiger partial charge >= 0.3 is 12.4 Å². The molecule has 0 aliphatic heterocycles. The topological polar surface area (TPSA) is 90.1 Å². The second-order valence-corrected chi connectivity index (χ2v) is 6.73. The second-order valence-electron chi connectivity index (χ2n) is 6.30. The molecule has 0 unspecified atom stereocenters. The number of nitrogens with one attached hydrogen (secondary N) is 1. The number of hydrogen-bond donors (Lipinski definition) is 1. The van der Waals surface area contributed by atoms with Crippen molar-refractivity contribution in [2.75, 3.05) is 6.61 Å². The molecular weight excluding hydrogens is 489 g/mol. The van der Waals surface area contributed by atoms with Crippen LogP contribution in [0, 0.1) is 5.82 Å². The zero-order valence-corrected chi connectivity index (χ0v) is 16.6. The molecule has 1 N–H and O–H groups in total. The first-order chi connectivity index (χ1) is 15.3. The highest BCUT2D eigenvalue weighted by atomic mass is 35.5. The van der Waals surface area contributed by atoms with Crippen LogP contribution in [-0.4, -0.2) is 33.8 Å². The number of benzene rings is 1. The van der Waals surface area contributed by atoms with Gasteiger partial charge in [-0.25, -0.2) is 9.37 Å². The number of aromatic nitrogens is 3. The van der Waals surface area contributed by atoms with Crippen LogP contribution >= 0.6 is 11.6 Å². The highest BCUT2D eigenvalue weighted by Gasteiger charge is 2.37. The maximum atomic E-state index is 14.4. The Hall–Kier alpha value is -3.42. The van der Waals surface area contributed by atoms with E-state index in [0.29, 0.717) is 0 Å². The summed E-state index contributed by atoms with van der Waals surface area (Å²) in [5, 5.41) is 4.91. The average molecular weight is 499 g/mol. The van der Waals surface area contributed by atoms with Crippen molar-refractivity contribution in [3.8, 4) is 17.0 Å². The van der Waals surface area contributed by atoms with Crippen LogP contribution in [0.15, 0.2) is 35.0 Å². The molecule has 0 radical (unpaired) electrons. The van der Waals surface area contributed by atoms with Crippen LogP contribution < -0.4 is 10.1 Å². The molecule has 1 amide bonds. The van der Waals surface area contributed by atoms with E-state index in [4.69, 9.17) is 11.6 Å². The zero-order chi connectivity index (χ0) is 24.4. The molecule has 0 spiro atoms. The maximum Gasteiger partial charge on any atom is 0.455 e. The van der Waals surface area contributed by atoms with Gasteiger partial charge in [0.2, 0.25) is 11.8 Å². The first kappa shape index (κ1) is 24.2. The van der Waals surface area contributed by atoms with Crippen molar-refractivity contribution in [2.45, 2.75) is 18.9 Å². The fourth-order valence-electron chi connectivity index (χ4n) is 2.44. The number of ether oxygens (including phenoxy) is 1. The fraction of sp³-hybridized carbons (Fsp3) is 0.222. The van der Waals surface area contributed by atoms with Gasteiger partial charge in [-0.05, 0) is 24.3 Å². The van der Waals surface area contributed by atoms with E-state index in [1.165, 1.54) is 6.07 Å². The first-order valence-corrected chi connectivity index (χ1v) is 9.04. The van der Waals surface area contributed by atoms with Crippen LogP contribution in [0.5, 0.6) is 5.88 Å². The third kappa shape index (κ3) is 6.31. The molecule has 3 aromatic rings. The number of rotatable bonds is 6. The van der Waals surface area contributed by atoms with E-state index < -0.39 is 54.8 Å². The molecule has 7 nitrogen and oxygen atoms in total. The number of carbonyl (C=O) groups is 1. The van der Waals surface area contributed by atoms with Crippen molar-refractivity contribution < 1.29 is 44.8 Å². The average Bonchev–Trinajstić information content (AvgIpc) is 3.20. The van der Waals surface area contributed by atoms with Crippen molar-refractivity contribution in [1.82, 2.24) is 20.4 Å². The number of pyridine rings is 1. The lowest BCUT2D eigenvalue weighted by Crippen LogP contribution is -2.24. The molecule has 15 heteroatoms. The predicted molar refractivity (Wildman–Crippen MR) is 96.7 cm³/mol. The third-order valence-corrected chi connectivity index (χ3v) is 4.06. The van der Waals surface area contributed by atoms with Crippen molar-refractivity contribution in [3.05, 3.63) is 58.6 Å². The van der Waals surface area contributed by atoms with E-state index in [0.717, 1.165) is 24.4 Å². The van der Waals surface area contributed by atoms with Crippen molar-refractivity contribution in [3.63, 3.8) is 0 Å². The number of halogens is 8. The van der Waals surface area contributed by atoms with Gasteiger partial charge in [0.1, 0.15) is 5.82 Å². The van der Waals surface area contributed by atoms with Crippen molar-refractivity contribution in [1.29, 1.82) is 0 Å². The van der Waals surface area contributed by atoms with Gasteiger partial charge in [0.15, 0.2) is 6.61 Å². The molecule has 0 aliphatic rings.